The van der Waals surface area contributed by atoms with Gasteiger partial charge < -0.3 is 10.2 Å². The lowest BCUT2D eigenvalue weighted by molar-refractivity contribution is 0.404. The van der Waals surface area contributed by atoms with E-state index in [9.17, 15) is 10.2 Å². The van der Waals surface area contributed by atoms with E-state index in [-0.39, 0.29) is 11.5 Å². The van der Waals surface area contributed by atoms with E-state index in [1.54, 1.807) is 6.07 Å². The van der Waals surface area contributed by atoms with Crippen molar-refractivity contribution in [3.63, 3.8) is 0 Å². The molecule has 0 radical (unpaired) electrons. The minimum absolute atomic E-state index is 0.176. The van der Waals surface area contributed by atoms with E-state index in [2.05, 4.69) is 15.4 Å². The monoisotopic (exact) mass is 268 g/mol. The van der Waals surface area contributed by atoms with Crippen molar-refractivity contribution in [3.8, 4) is 22.9 Å². The van der Waals surface area contributed by atoms with Crippen LogP contribution in [0.15, 0.2) is 48.5 Å². The number of phenolic OH excluding ortho intramolecular Hbond substituents is 2. The Bertz CT molecular complexity index is 725. The Balaban J connectivity index is 1.84. The summed E-state index contributed by atoms with van der Waals surface area (Å²) < 4.78 is 0. The van der Waals surface area contributed by atoms with E-state index in [1.165, 1.54) is 16.9 Å². The third-order valence-electron chi connectivity index (χ3n) is 2.85. The van der Waals surface area contributed by atoms with E-state index in [0.717, 1.165) is 5.56 Å². The van der Waals surface area contributed by atoms with E-state index >= 15 is 0 Å². The Morgan fingerprint density at radius 1 is 0.950 bits per heavy atom. The molecule has 0 aliphatic heterocycles. The van der Waals surface area contributed by atoms with Gasteiger partial charge in [-0.05, 0) is 29.0 Å². The standard InChI is InChI=1S/C14H12N4O2/c19-12-7-6-11(8-13(12)20)14-15-17-18(16-14)9-10-4-2-1-3-5-10/h1-8,19-20H,9H2. The molecule has 2 aromatic carbocycles. The summed E-state index contributed by atoms with van der Waals surface area (Å²) in [5.74, 6) is 0.0172. The van der Waals surface area contributed by atoms with Crippen molar-refractivity contribution in [2.24, 2.45) is 0 Å². The van der Waals surface area contributed by atoms with Crippen molar-refractivity contribution in [3.05, 3.63) is 54.1 Å². The quantitative estimate of drug-likeness (QED) is 0.708. The Labute approximate surface area is 114 Å². The first-order valence-electron chi connectivity index (χ1n) is 6.06. The molecule has 0 fully saturated rings. The number of hydrogen-bond acceptors (Lipinski definition) is 5. The van der Waals surface area contributed by atoms with Crippen molar-refractivity contribution in [2.75, 3.05) is 0 Å². The fourth-order valence-corrected chi connectivity index (χ4v) is 1.84. The van der Waals surface area contributed by atoms with Crippen molar-refractivity contribution in [1.82, 2.24) is 20.2 Å². The van der Waals surface area contributed by atoms with Crippen molar-refractivity contribution in [2.45, 2.75) is 6.54 Å². The van der Waals surface area contributed by atoms with Crippen LogP contribution in [0.5, 0.6) is 11.5 Å². The maximum atomic E-state index is 9.47. The van der Waals surface area contributed by atoms with Crippen molar-refractivity contribution >= 4 is 0 Å². The zero-order valence-electron chi connectivity index (χ0n) is 10.5. The minimum Gasteiger partial charge on any atom is -0.504 e. The van der Waals surface area contributed by atoms with Crippen LogP contribution in [0, 0.1) is 0 Å². The number of benzene rings is 2. The minimum atomic E-state index is -0.207. The highest BCUT2D eigenvalue weighted by Gasteiger charge is 2.09. The number of phenols is 2. The molecule has 3 rings (SSSR count). The molecular weight excluding hydrogens is 256 g/mol. The van der Waals surface area contributed by atoms with E-state index in [0.29, 0.717) is 17.9 Å². The van der Waals surface area contributed by atoms with Crippen LogP contribution in [0.2, 0.25) is 0 Å². The molecule has 0 aliphatic carbocycles. The zero-order valence-corrected chi connectivity index (χ0v) is 10.5. The second-order valence-corrected chi connectivity index (χ2v) is 4.33. The fourth-order valence-electron chi connectivity index (χ4n) is 1.84. The molecule has 0 bridgehead atoms. The predicted molar refractivity (Wildman–Crippen MR) is 72.1 cm³/mol. The summed E-state index contributed by atoms with van der Waals surface area (Å²) in [6.45, 7) is 0.526. The van der Waals surface area contributed by atoms with Crippen molar-refractivity contribution in [1.29, 1.82) is 0 Å². The van der Waals surface area contributed by atoms with Gasteiger partial charge in [-0.25, -0.2) is 0 Å². The third kappa shape index (κ3) is 2.44. The summed E-state index contributed by atoms with van der Waals surface area (Å²) in [5, 5.41) is 30.9. The molecule has 0 amide bonds. The highest BCUT2D eigenvalue weighted by atomic mass is 16.3. The highest BCUT2D eigenvalue weighted by molar-refractivity contribution is 5.59. The lowest BCUT2D eigenvalue weighted by atomic mass is 10.2. The van der Waals surface area contributed by atoms with Gasteiger partial charge in [-0.15, -0.1) is 10.2 Å². The predicted octanol–water partition coefficient (Wildman–Crippen LogP) is 1.80. The summed E-state index contributed by atoms with van der Waals surface area (Å²) in [6, 6.07) is 14.2. The van der Waals surface area contributed by atoms with Gasteiger partial charge in [0.05, 0.1) is 6.54 Å². The molecule has 20 heavy (non-hydrogen) atoms. The molecule has 0 aliphatic rings. The van der Waals surface area contributed by atoms with Gasteiger partial charge in [0, 0.05) is 5.56 Å². The Morgan fingerprint density at radius 3 is 2.50 bits per heavy atom. The molecule has 0 atom stereocenters. The number of tetrazole rings is 1. The molecular formula is C14H12N4O2. The Morgan fingerprint density at radius 2 is 1.75 bits per heavy atom. The average molecular weight is 268 g/mol. The lowest BCUT2D eigenvalue weighted by Crippen LogP contribution is -2.03. The first kappa shape index (κ1) is 12.2. The van der Waals surface area contributed by atoms with Gasteiger partial charge in [0.25, 0.3) is 0 Å². The first-order chi connectivity index (χ1) is 9.72. The second-order valence-electron chi connectivity index (χ2n) is 4.33. The molecule has 6 heteroatoms. The van der Waals surface area contributed by atoms with Crippen LogP contribution in [-0.4, -0.2) is 30.4 Å². The number of rotatable bonds is 3. The number of hydrogen-bond donors (Lipinski definition) is 2. The highest BCUT2D eigenvalue weighted by Crippen LogP contribution is 2.28. The molecule has 2 N–H and O–H groups in total. The summed E-state index contributed by atoms with van der Waals surface area (Å²) in [5.41, 5.74) is 1.67. The molecule has 0 spiro atoms. The van der Waals surface area contributed by atoms with Crippen molar-refractivity contribution < 1.29 is 10.2 Å². The van der Waals surface area contributed by atoms with Crippen LogP contribution in [0.1, 0.15) is 5.56 Å². The summed E-state index contributed by atoms with van der Waals surface area (Å²) >= 11 is 0. The maximum Gasteiger partial charge on any atom is 0.205 e. The van der Waals surface area contributed by atoms with Gasteiger partial charge >= 0.3 is 0 Å². The van der Waals surface area contributed by atoms with E-state index < -0.39 is 0 Å². The largest absolute Gasteiger partial charge is 0.504 e. The van der Waals surface area contributed by atoms with E-state index in [1.807, 2.05) is 30.3 Å². The van der Waals surface area contributed by atoms with Gasteiger partial charge in [-0.2, -0.15) is 4.80 Å². The van der Waals surface area contributed by atoms with Crippen LogP contribution in [0.25, 0.3) is 11.4 Å². The molecule has 1 heterocycles. The molecule has 1 aromatic heterocycles. The summed E-state index contributed by atoms with van der Waals surface area (Å²) in [6.07, 6.45) is 0. The topological polar surface area (TPSA) is 84.1 Å². The average Bonchev–Trinajstić information content (AvgIpc) is 2.91. The smallest absolute Gasteiger partial charge is 0.205 e. The van der Waals surface area contributed by atoms with Crippen LogP contribution in [0.4, 0.5) is 0 Å². The number of aromatic hydroxyl groups is 2. The molecule has 0 saturated heterocycles. The lowest BCUT2D eigenvalue weighted by Gasteiger charge is -1.99. The van der Waals surface area contributed by atoms with Gasteiger partial charge in [0.1, 0.15) is 0 Å². The van der Waals surface area contributed by atoms with Gasteiger partial charge in [-0.1, -0.05) is 30.3 Å². The first-order valence-corrected chi connectivity index (χ1v) is 6.06. The maximum absolute atomic E-state index is 9.47. The summed E-state index contributed by atoms with van der Waals surface area (Å²) in [7, 11) is 0. The van der Waals surface area contributed by atoms with Crippen LogP contribution in [-0.2, 0) is 6.54 Å². The molecule has 0 saturated carbocycles. The Hall–Kier alpha value is -2.89. The Kier molecular flexibility index (Phi) is 3.04. The van der Waals surface area contributed by atoms with Gasteiger partial charge in [0.2, 0.25) is 5.82 Å². The number of aromatic nitrogens is 4. The SMILES string of the molecule is Oc1ccc(-c2nnn(Cc3ccccc3)n2)cc1O. The molecule has 3 aromatic rings. The second kappa shape index (κ2) is 5.00. The van der Waals surface area contributed by atoms with Gasteiger partial charge in [-0.3, -0.25) is 0 Å². The normalized spacial score (nSPS) is 10.6. The fraction of sp³-hybridized carbons (Fsp3) is 0.0714. The third-order valence-corrected chi connectivity index (χ3v) is 2.85. The molecule has 6 nitrogen and oxygen atoms in total. The van der Waals surface area contributed by atoms with Crippen LogP contribution in [0.3, 0.4) is 0 Å². The zero-order chi connectivity index (χ0) is 13.9. The number of nitrogens with zero attached hydrogens (tertiary/aromatic N) is 4. The van der Waals surface area contributed by atoms with Gasteiger partial charge in [0.15, 0.2) is 11.5 Å². The summed E-state index contributed by atoms with van der Waals surface area (Å²) in [4.78, 5) is 1.48. The van der Waals surface area contributed by atoms with E-state index in [4.69, 9.17) is 0 Å². The van der Waals surface area contributed by atoms with Crippen LogP contribution < -0.4 is 0 Å². The van der Waals surface area contributed by atoms with Crippen LogP contribution >= 0.6 is 0 Å². The molecule has 100 valence electrons. The molecule has 0 unspecified atom stereocenters.